The van der Waals surface area contributed by atoms with Gasteiger partial charge in [-0.15, -0.1) is 13.2 Å². The summed E-state index contributed by atoms with van der Waals surface area (Å²) >= 11 is 0. The molecule has 0 aromatic heterocycles. The lowest BCUT2D eigenvalue weighted by atomic mass is 9.81. The number of rotatable bonds is 5. The Morgan fingerprint density at radius 3 is 2.35 bits per heavy atom. The summed E-state index contributed by atoms with van der Waals surface area (Å²) < 4.78 is 22.7. The van der Waals surface area contributed by atoms with Crippen LogP contribution in [0.1, 0.15) is 26.7 Å². The monoisotopic (exact) mass is 282 g/mol. The zero-order chi connectivity index (χ0) is 15.0. The minimum absolute atomic E-state index is 0.419. The fourth-order valence-electron chi connectivity index (χ4n) is 3.05. The molecule has 2 fully saturated rings. The molecule has 0 aromatic rings. The standard InChI is InChI=1S/C15H22O5/c1-6-8-15(9-7-2)12(17-5)10-11(13(16)20-15)19-14(3,4)18-10/h6-7,10-12H,1-2,8-9H2,3-5H3/t10-,11+,12+/m0/s1. The molecule has 0 spiro atoms. The number of hydrogen-bond acceptors (Lipinski definition) is 5. The van der Waals surface area contributed by atoms with Gasteiger partial charge in [0, 0.05) is 20.0 Å². The minimum Gasteiger partial charge on any atom is -0.454 e. The molecule has 2 saturated heterocycles. The molecule has 2 rings (SSSR count). The molecular weight excluding hydrogens is 260 g/mol. The first-order chi connectivity index (χ1) is 9.39. The maximum atomic E-state index is 12.2. The van der Waals surface area contributed by atoms with Crippen LogP contribution in [0.4, 0.5) is 0 Å². The minimum atomic E-state index is -0.833. The number of carbonyl (C=O) groups is 1. The molecule has 3 atom stereocenters. The van der Waals surface area contributed by atoms with Gasteiger partial charge in [-0.25, -0.2) is 4.79 Å². The van der Waals surface area contributed by atoms with Crippen molar-refractivity contribution in [2.45, 2.75) is 56.4 Å². The number of carbonyl (C=O) groups excluding carboxylic acids is 1. The summed E-state index contributed by atoms with van der Waals surface area (Å²) in [6.45, 7) is 11.0. The first kappa shape index (κ1) is 15.2. The maximum absolute atomic E-state index is 12.2. The fraction of sp³-hybridized carbons (Fsp3) is 0.667. The fourth-order valence-corrected chi connectivity index (χ4v) is 3.05. The highest BCUT2D eigenvalue weighted by Crippen LogP contribution is 2.43. The Morgan fingerprint density at radius 1 is 1.25 bits per heavy atom. The van der Waals surface area contributed by atoms with Crippen molar-refractivity contribution in [2.24, 2.45) is 0 Å². The zero-order valence-electron chi connectivity index (χ0n) is 12.3. The normalized spacial score (nSPS) is 34.1. The van der Waals surface area contributed by atoms with Crippen LogP contribution in [0.25, 0.3) is 0 Å². The van der Waals surface area contributed by atoms with Crippen molar-refractivity contribution >= 4 is 5.97 Å². The first-order valence-electron chi connectivity index (χ1n) is 6.72. The smallest absolute Gasteiger partial charge is 0.338 e. The summed E-state index contributed by atoms with van der Waals surface area (Å²) in [6, 6.07) is 0. The number of hydrogen-bond donors (Lipinski definition) is 0. The van der Waals surface area contributed by atoms with Gasteiger partial charge in [-0.3, -0.25) is 0 Å². The van der Waals surface area contributed by atoms with Gasteiger partial charge in [0.05, 0.1) is 0 Å². The van der Waals surface area contributed by atoms with E-state index in [4.69, 9.17) is 18.9 Å². The van der Waals surface area contributed by atoms with Gasteiger partial charge in [-0.2, -0.15) is 0 Å². The van der Waals surface area contributed by atoms with Crippen molar-refractivity contribution in [1.82, 2.24) is 0 Å². The molecule has 2 aliphatic heterocycles. The van der Waals surface area contributed by atoms with Crippen LogP contribution in [0.5, 0.6) is 0 Å². The van der Waals surface area contributed by atoms with E-state index in [-0.39, 0.29) is 0 Å². The Bertz CT molecular complexity index is 404. The average molecular weight is 282 g/mol. The molecule has 0 radical (unpaired) electrons. The Hall–Kier alpha value is -1.17. The van der Waals surface area contributed by atoms with Gasteiger partial charge in [0.2, 0.25) is 0 Å². The molecule has 0 amide bonds. The number of ether oxygens (including phenoxy) is 4. The van der Waals surface area contributed by atoms with Crippen LogP contribution in [0.3, 0.4) is 0 Å². The van der Waals surface area contributed by atoms with Gasteiger partial charge >= 0.3 is 5.97 Å². The molecule has 0 unspecified atom stereocenters. The summed E-state index contributed by atoms with van der Waals surface area (Å²) in [5.74, 6) is -1.25. The lowest BCUT2D eigenvalue weighted by molar-refractivity contribution is -0.218. The van der Waals surface area contributed by atoms with Crippen LogP contribution >= 0.6 is 0 Å². The summed E-state index contributed by atoms with van der Waals surface area (Å²) in [6.07, 6.45) is 2.69. The predicted octanol–water partition coefficient (Wildman–Crippen LogP) is 1.97. The van der Waals surface area contributed by atoms with Gasteiger partial charge in [0.15, 0.2) is 11.9 Å². The van der Waals surface area contributed by atoms with E-state index >= 15 is 0 Å². The van der Waals surface area contributed by atoms with E-state index < -0.39 is 35.7 Å². The second-order valence-electron chi connectivity index (χ2n) is 5.65. The second-order valence-corrected chi connectivity index (χ2v) is 5.65. The van der Waals surface area contributed by atoms with Crippen LogP contribution in [-0.4, -0.2) is 42.8 Å². The summed E-state index contributed by atoms with van der Waals surface area (Å²) in [7, 11) is 1.58. The molecule has 0 bridgehead atoms. The van der Waals surface area contributed by atoms with Crippen LogP contribution < -0.4 is 0 Å². The topological polar surface area (TPSA) is 54.0 Å². The van der Waals surface area contributed by atoms with Gasteiger partial charge in [0.1, 0.15) is 17.8 Å². The highest BCUT2D eigenvalue weighted by Gasteiger charge is 2.61. The third-order valence-electron chi connectivity index (χ3n) is 3.72. The zero-order valence-corrected chi connectivity index (χ0v) is 12.3. The molecule has 112 valence electrons. The summed E-state index contributed by atoms with van der Waals surface area (Å²) in [5.41, 5.74) is -0.833. The van der Waals surface area contributed by atoms with Gasteiger partial charge in [0.25, 0.3) is 0 Å². The summed E-state index contributed by atoms with van der Waals surface area (Å²) in [4.78, 5) is 12.2. The molecule has 2 aliphatic rings. The quantitative estimate of drug-likeness (QED) is 0.570. The van der Waals surface area contributed by atoms with E-state index in [1.807, 2.05) is 0 Å². The number of methoxy groups -OCH3 is 1. The lowest BCUT2D eigenvalue weighted by Crippen LogP contribution is -2.62. The van der Waals surface area contributed by atoms with Crippen LogP contribution in [0.2, 0.25) is 0 Å². The largest absolute Gasteiger partial charge is 0.454 e. The van der Waals surface area contributed by atoms with E-state index in [9.17, 15) is 4.79 Å². The molecule has 0 aliphatic carbocycles. The number of fused-ring (bicyclic) bond motifs is 1. The van der Waals surface area contributed by atoms with E-state index in [0.717, 1.165) is 0 Å². The van der Waals surface area contributed by atoms with Crippen LogP contribution in [0.15, 0.2) is 25.3 Å². The summed E-state index contributed by atoms with van der Waals surface area (Å²) in [5, 5.41) is 0. The second kappa shape index (κ2) is 5.31. The van der Waals surface area contributed by atoms with E-state index in [1.54, 1.807) is 33.1 Å². The van der Waals surface area contributed by atoms with Crippen molar-refractivity contribution in [2.75, 3.05) is 7.11 Å². The SMILES string of the molecule is C=CCC1(CC=C)OC(=O)[C@@H]2OC(C)(C)O[C@@H]2[C@H]1OC. The molecule has 5 heteroatoms. The Kier molecular flexibility index (Phi) is 4.04. The van der Waals surface area contributed by atoms with Crippen molar-refractivity contribution < 1.29 is 23.7 Å². The maximum Gasteiger partial charge on any atom is 0.338 e. The van der Waals surface area contributed by atoms with Gasteiger partial charge in [-0.1, -0.05) is 12.2 Å². The van der Waals surface area contributed by atoms with Crippen LogP contribution in [-0.2, 0) is 23.7 Å². The van der Waals surface area contributed by atoms with E-state index in [2.05, 4.69) is 13.2 Å². The van der Waals surface area contributed by atoms with Gasteiger partial charge < -0.3 is 18.9 Å². The van der Waals surface area contributed by atoms with Gasteiger partial charge in [-0.05, 0) is 13.8 Å². The third kappa shape index (κ3) is 2.41. The van der Waals surface area contributed by atoms with Crippen molar-refractivity contribution in [3.05, 3.63) is 25.3 Å². The Balaban J connectivity index is 2.38. The molecule has 0 N–H and O–H groups in total. The Morgan fingerprint density at radius 2 is 1.85 bits per heavy atom. The van der Waals surface area contributed by atoms with Crippen molar-refractivity contribution in [3.63, 3.8) is 0 Å². The predicted molar refractivity (Wildman–Crippen MR) is 73.1 cm³/mol. The lowest BCUT2D eigenvalue weighted by Gasteiger charge is -2.45. The van der Waals surface area contributed by atoms with Crippen molar-refractivity contribution in [1.29, 1.82) is 0 Å². The Labute approximate surface area is 119 Å². The van der Waals surface area contributed by atoms with E-state index in [0.29, 0.717) is 12.8 Å². The molecule has 5 nitrogen and oxygen atoms in total. The van der Waals surface area contributed by atoms with E-state index in [1.165, 1.54) is 0 Å². The molecule has 0 saturated carbocycles. The number of esters is 1. The third-order valence-corrected chi connectivity index (χ3v) is 3.72. The highest BCUT2D eigenvalue weighted by atomic mass is 16.8. The van der Waals surface area contributed by atoms with Crippen molar-refractivity contribution in [3.8, 4) is 0 Å². The first-order valence-corrected chi connectivity index (χ1v) is 6.72. The molecule has 0 aromatic carbocycles. The van der Waals surface area contributed by atoms with Crippen LogP contribution in [0, 0.1) is 0 Å². The number of cyclic esters (lactones) is 1. The molecule has 20 heavy (non-hydrogen) atoms. The molecule has 2 heterocycles. The molecular formula is C15H22O5. The highest BCUT2D eigenvalue weighted by molar-refractivity contribution is 5.78. The average Bonchev–Trinajstić information content (AvgIpc) is 2.66.